The molecule has 2 aromatic rings. The van der Waals surface area contributed by atoms with Gasteiger partial charge in [0.1, 0.15) is 5.65 Å². The zero-order valence-electron chi connectivity index (χ0n) is 8.92. The van der Waals surface area contributed by atoms with Gasteiger partial charge in [-0.05, 0) is 24.6 Å². The molecule has 4 heteroatoms. The first-order valence-electron chi connectivity index (χ1n) is 5.08. The normalized spacial score (nSPS) is 11.9. The quantitative estimate of drug-likeness (QED) is 0.800. The van der Waals surface area contributed by atoms with Crippen LogP contribution in [0.3, 0.4) is 0 Å². The molecule has 1 N–H and O–H groups in total. The fourth-order valence-corrected chi connectivity index (χ4v) is 1.55. The average Bonchev–Trinajstić information content (AvgIpc) is 2.69. The molecule has 82 valence electrons. The van der Waals surface area contributed by atoms with Crippen molar-refractivity contribution in [1.82, 2.24) is 9.38 Å². The number of aliphatic carboxylic acids is 1. The number of carboxylic acid groups (broad SMARTS) is 1. The maximum atomic E-state index is 10.9. The molecule has 0 saturated carbocycles. The number of aromatic nitrogens is 2. The van der Waals surface area contributed by atoms with Crippen LogP contribution in [0.2, 0.25) is 0 Å². The van der Waals surface area contributed by atoms with E-state index in [0.29, 0.717) is 12.0 Å². The highest BCUT2D eigenvalue weighted by atomic mass is 16.4. The molecule has 0 fully saturated rings. The van der Waals surface area contributed by atoms with Crippen molar-refractivity contribution in [3.05, 3.63) is 41.9 Å². The lowest BCUT2D eigenvalue weighted by Crippen LogP contribution is -1.99. The molecule has 0 unspecified atom stereocenters. The smallest absolute Gasteiger partial charge is 0.331 e. The van der Waals surface area contributed by atoms with Gasteiger partial charge in [0.2, 0.25) is 0 Å². The lowest BCUT2D eigenvalue weighted by atomic mass is 10.2. The number of imidazole rings is 1. The largest absolute Gasteiger partial charge is 0.478 e. The molecule has 0 atom stereocenters. The Hall–Kier alpha value is -2.10. The summed E-state index contributed by atoms with van der Waals surface area (Å²) in [6, 6.07) is 5.66. The molecule has 0 aliphatic carbocycles. The van der Waals surface area contributed by atoms with E-state index >= 15 is 0 Å². The fraction of sp³-hybridized carbons (Fsp3) is 0.167. The van der Waals surface area contributed by atoms with Gasteiger partial charge in [0.25, 0.3) is 0 Å². The molecule has 2 heterocycles. The number of carbonyl (C=O) groups is 1. The number of hydrogen-bond donors (Lipinski definition) is 1. The van der Waals surface area contributed by atoms with Crippen molar-refractivity contribution in [1.29, 1.82) is 0 Å². The highest BCUT2D eigenvalue weighted by Gasteiger charge is 2.06. The van der Waals surface area contributed by atoms with Gasteiger partial charge in [-0.3, -0.25) is 0 Å². The van der Waals surface area contributed by atoms with Crippen LogP contribution in [-0.4, -0.2) is 20.5 Å². The van der Waals surface area contributed by atoms with E-state index in [1.165, 1.54) is 0 Å². The summed E-state index contributed by atoms with van der Waals surface area (Å²) >= 11 is 0. The lowest BCUT2D eigenvalue weighted by molar-refractivity contribution is -0.132. The Bertz CT molecular complexity index is 555. The fourth-order valence-electron chi connectivity index (χ4n) is 1.55. The molecule has 16 heavy (non-hydrogen) atoms. The molecule has 0 aliphatic heterocycles. The number of fused-ring (bicyclic) bond motifs is 1. The van der Waals surface area contributed by atoms with Crippen LogP contribution in [0.15, 0.2) is 36.2 Å². The van der Waals surface area contributed by atoms with Crippen molar-refractivity contribution >= 4 is 17.7 Å². The molecule has 4 nitrogen and oxygen atoms in total. The summed E-state index contributed by atoms with van der Waals surface area (Å²) in [6.07, 6.45) is 5.69. The molecule has 0 amide bonds. The van der Waals surface area contributed by atoms with E-state index in [9.17, 15) is 4.79 Å². The van der Waals surface area contributed by atoms with Crippen LogP contribution in [0, 0.1) is 0 Å². The molecule has 0 bridgehead atoms. The van der Waals surface area contributed by atoms with Crippen LogP contribution in [0.4, 0.5) is 0 Å². The third-order valence-electron chi connectivity index (χ3n) is 2.42. The lowest BCUT2D eigenvalue weighted by Gasteiger charge is -1.98. The van der Waals surface area contributed by atoms with Crippen molar-refractivity contribution in [2.75, 3.05) is 0 Å². The Labute approximate surface area is 92.9 Å². The molecular formula is C12H12N2O2. The number of rotatable bonds is 3. The summed E-state index contributed by atoms with van der Waals surface area (Å²) < 4.78 is 1.86. The summed E-state index contributed by atoms with van der Waals surface area (Å²) in [4.78, 5) is 15.1. The Balaban J connectivity index is 2.52. The van der Waals surface area contributed by atoms with Gasteiger partial charge < -0.3 is 9.51 Å². The first-order valence-corrected chi connectivity index (χ1v) is 5.08. The summed E-state index contributed by atoms with van der Waals surface area (Å²) in [5.41, 5.74) is 1.98. The van der Waals surface area contributed by atoms with Crippen molar-refractivity contribution in [3.63, 3.8) is 0 Å². The van der Waals surface area contributed by atoms with Gasteiger partial charge in [-0.2, -0.15) is 0 Å². The highest BCUT2D eigenvalue weighted by molar-refractivity contribution is 5.91. The van der Waals surface area contributed by atoms with Crippen molar-refractivity contribution in [2.45, 2.75) is 13.3 Å². The van der Waals surface area contributed by atoms with E-state index in [-0.39, 0.29) is 0 Å². The standard InChI is InChI=1S/C12H12N2O2/c1-2-9(12(15)16)7-10-8-13-11-5-3-4-6-14(10)11/h3-8H,2H2,1H3,(H,15,16). The van der Waals surface area contributed by atoms with Crippen LogP contribution in [0.1, 0.15) is 19.0 Å². The third kappa shape index (κ3) is 1.82. The molecule has 0 saturated heterocycles. The number of carboxylic acids is 1. The van der Waals surface area contributed by atoms with E-state index in [4.69, 9.17) is 5.11 Å². The Kier molecular flexibility index (Phi) is 2.72. The SMILES string of the molecule is CCC(=Cc1cnc2ccccn12)C(=O)O. The van der Waals surface area contributed by atoms with Crippen molar-refractivity contribution in [3.8, 4) is 0 Å². The van der Waals surface area contributed by atoms with Gasteiger partial charge in [0.05, 0.1) is 11.9 Å². The van der Waals surface area contributed by atoms with Gasteiger partial charge in [-0.1, -0.05) is 13.0 Å². The van der Waals surface area contributed by atoms with E-state index in [0.717, 1.165) is 11.3 Å². The summed E-state index contributed by atoms with van der Waals surface area (Å²) in [5.74, 6) is -0.881. The highest BCUT2D eigenvalue weighted by Crippen LogP contribution is 2.12. The van der Waals surface area contributed by atoms with Gasteiger partial charge in [0, 0.05) is 11.8 Å². The maximum Gasteiger partial charge on any atom is 0.331 e. The second-order valence-corrected chi connectivity index (χ2v) is 3.44. The summed E-state index contributed by atoms with van der Waals surface area (Å²) in [6.45, 7) is 1.82. The Morgan fingerprint density at radius 1 is 1.56 bits per heavy atom. The second-order valence-electron chi connectivity index (χ2n) is 3.44. The zero-order chi connectivity index (χ0) is 11.5. The van der Waals surface area contributed by atoms with Gasteiger partial charge in [0.15, 0.2) is 0 Å². The number of nitrogens with zero attached hydrogens (tertiary/aromatic N) is 2. The Morgan fingerprint density at radius 2 is 2.38 bits per heavy atom. The van der Waals surface area contributed by atoms with Crippen LogP contribution < -0.4 is 0 Å². The van der Waals surface area contributed by atoms with Gasteiger partial charge in [-0.15, -0.1) is 0 Å². The second kappa shape index (κ2) is 4.18. The maximum absolute atomic E-state index is 10.9. The number of pyridine rings is 1. The summed E-state index contributed by atoms with van der Waals surface area (Å²) in [7, 11) is 0. The molecule has 2 aromatic heterocycles. The van der Waals surface area contributed by atoms with E-state index in [1.54, 1.807) is 12.3 Å². The van der Waals surface area contributed by atoms with Crippen LogP contribution in [0.25, 0.3) is 11.7 Å². The molecule has 0 aromatic carbocycles. The van der Waals surface area contributed by atoms with Gasteiger partial charge in [-0.25, -0.2) is 9.78 Å². The average molecular weight is 216 g/mol. The zero-order valence-corrected chi connectivity index (χ0v) is 8.92. The molecular weight excluding hydrogens is 204 g/mol. The molecule has 0 spiro atoms. The summed E-state index contributed by atoms with van der Waals surface area (Å²) in [5, 5.41) is 8.95. The number of hydrogen-bond acceptors (Lipinski definition) is 2. The van der Waals surface area contributed by atoms with Crippen LogP contribution >= 0.6 is 0 Å². The van der Waals surface area contributed by atoms with E-state index in [2.05, 4.69) is 4.98 Å². The van der Waals surface area contributed by atoms with E-state index < -0.39 is 5.97 Å². The van der Waals surface area contributed by atoms with Crippen molar-refractivity contribution < 1.29 is 9.90 Å². The molecule has 0 aliphatic rings. The predicted octanol–water partition coefficient (Wildman–Crippen LogP) is 2.21. The minimum Gasteiger partial charge on any atom is -0.478 e. The first kappa shape index (κ1) is 10.4. The molecule has 2 rings (SSSR count). The monoisotopic (exact) mass is 216 g/mol. The van der Waals surface area contributed by atoms with Crippen molar-refractivity contribution in [2.24, 2.45) is 0 Å². The van der Waals surface area contributed by atoms with Gasteiger partial charge >= 0.3 is 5.97 Å². The minimum absolute atomic E-state index is 0.380. The van der Waals surface area contributed by atoms with Crippen LogP contribution in [0.5, 0.6) is 0 Å². The Morgan fingerprint density at radius 3 is 3.06 bits per heavy atom. The minimum atomic E-state index is -0.881. The third-order valence-corrected chi connectivity index (χ3v) is 2.42. The van der Waals surface area contributed by atoms with E-state index in [1.807, 2.05) is 35.7 Å². The predicted molar refractivity (Wildman–Crippen MR) is 61.1 cm³/mol. The first-order chi connectivity index (χ1) is 7.72. The topological polar surface area (TPSA) is 54.6 Å². The molecule has 0 radical (unpaired) electrons. The van der Waals surface area contributed by atoms with Crippen LogP contribution in [-0.2, 0) is 4.79 Å².